The zero-order valence-corrected chi connectivity index (χ0v) is 24.0. The molecule has 0 radical (unpaired) electrons. The minimum Gasteiger partial charge on any atom is -0.478 e. The molecule has 9 nitrogen and oxygen atoms in total. The predicted molar refractivity (Wildman–Crippen MR) is 156 cm³/mol. The molecule has 3 atom stereocenters. The number of aryl methyl sites for hydroxylation is 1. The van der Waals surface area contributed by atoms with Gasteiger partial charge in [-0.1, -0.05) is 42.3 Å². The highest BCUT2D eigenvalue weighted by Crippen LogP contribution is 2.55. The molecule has 3 unspecified atom stereocenters. The van der Waals surface area contributed by atoms with Crippen molar-refractivity contribution in [1.29, 1.82) is 0 Å². The summed E-state index contributed by atoms with van der Waals surface area (Å²) in [5, 5.41) is 23.2. The molecule has 3 heterocycles. The number of nitrogens with zero attached hydrogens (tertiary/aromatic N) is 6. The molecular weight excluding hydrogens is 540 g/mol. The lowest BCUT2D eigenvalue weighted by Gasteiger charge is -2.36. The van der Waals surface area contributed by atoms with Crippen molar-refractivity contribution in [1.82, 2.24) is 29.7 Å². The second-order valence-corrected chi connectivity index (χ2v) is 11.6. The van der Waals surface area contributed by atoms with Gasteiger partial charge in [0, 0.05) is 48.3 Å². The molecule has 1 N–H and O–H groups in total. The maximum absolute atomic E-state index is 13.6. The van der Waals surface area contributed by atoms with Gasteiger partial charge in [-0.2, -0.15) is 5.10 Å². The van der Waals surface area contributed by atoms with E-state index < -0.39 is 5.97 Å². The van der Waals surface area contributed by atoms with Crippen LogP contribution in [-0.4, -0.2) is 59.2 Å². The largest absolute Gasteiger partial charge is 0.478 e. The summed E-state index contributed by atoms with van der Waals surface area (Å²) in [5.74, 6) is -0.936. The van der Waals surface area contributed by atoms with Crippen molar-refractivity contribution in [2.24, 2.45) is 7.05 Å². The highest BCUT2D eigenvalue weighted by atomic mass is 35.5. The Kier molecular flexibility index (Phi) is 7.38. The topological polar surface area (TPSA) is 106 Å². The quantitative estimate of drug-likeness (QED) is 0.274. The summed E-state index contributed by atoms with van der Waals surface area (Å²) < 4.78 is 3.33. The molecular formula is C31H33ClN6O3. The Balaban J connectivity index is 1.34. The number of hydrogen-bond acceptors (Lipinski definition) is 5. The van der Waals surface area contributed by atoms with E-state index in [1.807, 2.05) is 54.5 Å². The molecule has 10 heteroatoms. The van der Waals surface area contributed by atoms with Crippen molar-refractivity contribution in [2.75, 3.05) is 6.54 Å². The molecule has 1 aliphatic carbocycles. The zero-order valence-electron chi connectivity index (χ0n) is 23.2. The van der Waals surface area contributed by atoms with E-state index in [-0.39, 0.29) is 29.3 Å². The van der Waals surface area contributed by atoms with E-state index in [9.17, 15) is 14.7 Å². The van der Waals surface area contributed by atoms with Crippen LogP contribution in [0.2, 0.25) is 5.02 Å². The normalized spacial score (nSPS) is 20.3. The fourth-order valence-electron chi connectivity index (χ4n) is 6.21. The first-order valence-electron chi connectivity index (χ1n) is 14.2. The summed E-state index contributed by atoms with van der Waals surface area (Å²) >= 11 is 6.62. The van der Waals surface area contributed by atoms with Crippen LogP contribution in [0, 0.1) is 0 Å². The van der Waals surface area contributed by atoms with E-state index in [2.05, 4.69) is 22.3 Å². The summed E-state index contributed by atoms with van der Waals surface area (Å²) in [6.45, 7) is 2.96. The Bertz CT molecular complexity index is 1610. The molecule has 2 aromatic carbocycles. The molecule has 212 valence electrons. The number of carboxylic acids is 1. The van der Waals surface area contributed by atoms with Crippen LogP contribution in [0.15, 0.2) is 54.9 Å². The number of hydrogen-bond donors (Lipinski definition) is 1. The fraction of sp³-hybridized carbons (Fsp3) is 0.387. The number of halogens is 1. The Morgan fingerprint density at radius 1 is 1.10 bits per heavy atom. The maximum atomic E-state index is 13.6. The Hall–Kier alpha value is -3.98. The minimum atomic E-state index is -1.02. The Labute approximate surface area is 243 Å². The van der Waals surface area contributed by atoms with Crippen molar-refractivity contribution < 1.29 is 14.7 Å². The fourth-order valence-corrected chi connectivity index (χ4v) is 6.44. The summed E-state index contributed by atoms with van der Waals surface area (Å²) in [7, 11) is 1.81. The molecule has 1 saturated carbocycles. The first-order valence-corrected chi connectivity index (χ1v) is 14.6. The third-order valence-corrected chi connectivity index (χ3v) is 8.48. The lowest BCUT2D eigenvalue weighted by molar-refractivity contribution is 0.0600. The predicted octanol–water partition coefficient (Wildman–Crippen LogP) is 6.09. The third kappa shape index (κ3) is 5.38. The van der Waals surface area contributed by atoms with Crippen LogP contribution < -0.4 is 0 Å². The van der Waals surface area contributed by atoms with E-state index in [0.717, 1.165) is 55.5 Å². The van der Waals surface area contributed by atoms with E-state index >= 15 is 0 Å². The number of aromatic carboxylic acids is 1. The van der Waals surface area contributed by atoms with Crippen LogP contribution in [0.1, 0.15) is 89.4 Å². The highest BCUT2D eigenvalue weighted by Gasteiger charge is 2.46. The SMILES string of the molecule is CCCC1CCCCN1C(=O)c1cccc(-c2cc(Cl)cc(-n3ncc(C(=O)O)c3C3CC3c3cn(C)nn3)c2)c1. The van der Waals surface area contributed by atoms with Crippen molar-refractivity contribution in [3.05, 3.63) is 82.4 Å². The maximum Gasteiger partial charge on any atom is 0.339 e. The van der Waals surface area contributed by atoms with Gasteiger partial charge in [-0.05, 0) is 73.6 Å². The molecule has 41 heavy (non-hydrogen) atoms. The molecule has 2 aromatic heterocycles. The first kappa shape index (κ1) is 27.2. The number of carboxylic acid groups (broad SMARTS) is 1. The highest BCUT2D eigenvalue weighted by molar-refractivity contribution is 6.31. The second kappa shape index (κ2) is 11.1. The Morgan fingerprint density at radius 2 is 1.95 bits per heavy atom. The van der Waals surface area contributed by atoms with Crippen molar-refractivity contribution in [2.45, 2.75) is 63.3 Å². The second-order valence-electron chi connectivity index (χ2n) is 11.1. The van der Waals surface area contributed by atoms with Crippen molar-refractivity contribution in [3.8, 4) is 16.8 Å². The number of likely N-dealkylation sites (tertiary alicyclic amines) is 1. The lowest BCUT2D eigenvalue weighted by Crippen LogP contribution is -2.43. The van der Waals surface area contributed by atoms with Gasteiger partial charge in [0.05, 0.1) is 23.3 Å². The average molecular weight is 573 g/mol. The van der Waals surface area contributed by atoms with Crippen LogP contribution in [0.4, 0.5) is 0 Å². The van der Waals surface area contributed by atoms with Gasteiger partial charge in [0.1, 0.15) is 5.56 Å². The average Bonchev–Trinajstić information content (AvgIpc) is 3.41. The van der Waals surface area contributed by atoms with Crippen LogP contribution in [0.25, 0.3) is 16.8 Å². The van der Waals surface area contributed by atoms with E-state index in [1.165, 1.54) is 12.6 Å². The van der Waals surface area contributed by atoms with Gasteiger partial charge >= 0.3 is 5.97 Å². The summed E-state index contributed by atoms with van der Waals surface area (Å²) in [5.41, 5.74) is 4.63. The van der Waals surface area contributed by atoms with Crippen LogP contribution in [-0.2, 0) is 7.05 Å². The summed E-state index contributed by atoms with van der Waals surface area (Å²) in [6, 6.07) is 13.5. The number of carbonyl (C=O) groups is 2. The standard InChI is InChI=1S/C31H33ClN6O3/c1-3-7-23-10-4-5-11-37(23)30(39)20-9-6-8-19(12-20)21-13-22(32)15-24(14-21)38-29(27(17-33-38)31(40)41)26-16-25(26)28-18-36(2)35-34-28/h6,8-9,12-15,17-18,23,25-26H,3-5,7,10-11,16H2,1-2H3,(H,40,41). The number of rotatable bonds is 8. The van der Waals surface area contributed by atoms with Gasteiger partial charge in [-0.25, -0.2) is 9.48 Å². The van der Waals surface area contributed by atoms with Crippen LogP contribution in [0.5, 0.6) is 0 Å². The zero-order chi connectivity index (χ0) is 28.7. The van der Waals surface area contributed by atoms with Crippen molar-refractivity contribution >= 4 is 23.5 Å². The monoisotopic (exact) mass is 572 g/mol. The number of benzene rings is 2. The first-order chi connectivity index (χ1) is 19.8. The molecule has 1 saturated heterocycles. The molecule has 1 aliphatic heterocycles. The lowest BCUT2D eigenvalue weighted by atomic mass is 9.96. The number of piperidine rings is 1. The van der Waals surface area contributed by atoms with Gasteiger partial charge < -0.3 is 10.0 Å². The summed E-state index contributed by atoms with van der Waals surface area (Å²) in [4.78, 5) is 27.8. The van der Waals surface area contributed by atoms with Gasteiger partial charge in [-0.15, -0.1) is 5.10 Å². The van der Waals surface area contributed by atoms with Gasteiger partial charge in [0.15, 0.2) is 0 Å². The van der Waals surface area contributed by atoms with Crippen molar-refractivity contribution in [3.63, 3.8) is 0 Å². The van der Waals surface area contributed by atoms with E-state index in [4.69, 9.17) is 11.6 Å². The van der Waals surface area contributed by atoms with E-state index in [0.29, 0.717) is 22.0 Å². The number of amides is 1. The van der Waals surface area contributed by atoms with Gasteiger partial charge in [0.25, 0.3) is 5.91 Å². The van der Waals surface area contributed by atoms with Gasteiger partial charge in [-0.3, -0.25) is 9.48 Å². The molecule has 0 spiro atoms. The van der Waals surface area contributed by atoms with Crippen LogP contribution >= 0.6 is 11.6 Å². The smallest absolute Gasteiger partial charge is 0.339 e. The van der Waals surface area contributed by atoms with E-state index in [1.54, 1.807) is 15.4 Å². The van der Waals surface area contributed by atoms with Gasteiger partial charge in [0.2, 0.25) is 0 Å². The molecule has 4 aromatic rings. The number of carbonyl (C=O) groups excluding carboxylic acids is 1. The minimum absolute atomic E-state index is 0.0516. The molecule has 0 bridgehead atoms. The molecule has 2 fully saturated rings. The number of aromatic nitrogens is 5. The Morgan fingerprint density at radius 3 is 2.71 bits per heavy atom. The molecule has 1 amide bonds. The summed E-state index contributed by atoms with van der Waals surface area (Å²) in [6.07, 6.45) is 9.36. The molecule has 2 aliphatic rings. The van der Waals surface area contributed by atoms with Crippen LogP contribution in [0.3, 0.4) is 0 Å². The third-order valence-electron chi connectivity index (χ3n) is 8.26. The molecule has 6 rings (SSSR count).